The zero-order chi connectivity index (χ0) is 23.8. The van der Waals surface area contributed by atoms with Gasteiger partial charge in [-0.3, -0.25) is 0 Å². The summed E-state index contributed by atoms with van der Waals surface area (Å²) >= 11 is 0. The van der Waals surface area contributed by atoms with Crippen molar-refractivity contribution in [2.75, 3.05) is 7.05 Å². The molecule has 3 aromatic heterocycles. The summed E-state index contributed by atoms with van der Waals surface area (Å²) in [5.41, 5.74) is -2.03. The summed E-state index contributed by atoms with van der Waals surface area (Å²) in [6.07, 6.45) is 2.79. The van der Waals surface area contributed by atoms with E-state index in [-0.39, 0.29) is 16.3 Å². The second-order valence-corrected chi connectivity index (χ2v) is 9.82. The van der Waals surface area contributed by atoms with Gasteiger partial charge in [-0.15, -0.1) is 0 Å². The topological polar surface area (TPSA) is 108 Å². The van der Waals surface area contributed by atoms with E-state index in [4.69, 9.17) is 4.74 Å². The molecule has 1 atom stereocenters. The van der Waals surface area contributed by atoms with Gasteiger partial charge < -0.3 is 14.6 Å². The Bertz CT molecular complexity index is 1260. The van der Waals surface area contributed by atoms with Crippen molar-refractivity contribution in [1.82, 2.24) is 23.8 Å². The van der Waals surface area contributed by atoms with Crippen molar-refractivity contribution in [2.45, 2.75) is 32.0 Å². The summed E-state index contributed by atoms with van der Waals surface area (Å²) in [7, 11) is -1.66. The molecule has 1 amide bonds. The van der Waals surface area contributed by atoms with Gasteiger partial charge in [-0.25, -0.2) is 23.1 Å². The fourth-order valence-corrected chi connectivity index (χ4v) is 4.68. The maximum atomic E-state index is 15.8. The molecule has 0 fully saturated rings. The number of pyridine rings is 1. The van der Waals surface area contributed by atoms with E-state index in [1.807, 2.05) is 0 Å². The van der Waals surface area contributed by atoms with Crippen LogP contribution in [0.5, 0.6) is 0 Å². The third-order valence-electron chi connectivity index (χ3n) is 4.72. The lowest BCUT2D eigenvalue weighted by Gasteiger charge is -2.29. The van der Waals surface area contributed by atoms with Gasteiger partial charge in [0.2, 0.25) is 11.1 Å². The van der Waals surface area contributed by atoms with Crippen molar-refractivity contribution in [3.05, 3.63) is 54.2 Å². The number of nitrogens with zero attached hydrogens (tertiary/aromatic N) is 4. The largest absolute Gasteiger partial charge is 0.441 e. The van der Waals surface area contributed by atoms with Gasteiger partial charge >= 0.3 is 16.1 Å². The van der Waals surface area contributed by atoms with Crippen molar-refractivity contribution in [3.63, 3.8) is 0 Å². The highest BCUT2D eigenvalue weighted by Crippen LogP contribution is 2.42. The normalized spacial score (nSPS) is 13.1. The number of alkyl carbamates (subject to hydrolysis) is 1. The van der Waals surface area contributed by atoms with Crippen LogP contribution in [0.1, 0.15) is 32.4 Å². The molecule has 0 saturated carbocycles. The number of hydrogen-bond acceptors (Lipinski definition) is 6. The van der Waals surface area contributed by atoms with Crippen LogP contribution in [-0.2, 0) is 21.8 Å². The first kappa shape index (κ1) is 23.4. The van der Waals surface area contributed by atoms with E-state index in [0.717, 1.165) is 12.4 Å². The van der Waals surface area contributed by atoms with Crippen LogP contribution in [0.25, 0.3) is 11.3 Å². The van der Waals surface area contributed by atoms with E-state index in [0.29, 0.717) is 3.97 Å². The minimum atomic E-state index is -4.46. The molecule has 12 heteroatoms. The summed E-state index contributed by atoms with van der Waals surface area (Å²) in [6, 6.07) is 2.56. The highest BCUT2D eigenvalue weighted by molar-refractivity contribution is 7.89. The van der Waals surface area contributed by atoms with Crippen molar-refractivity contribution in [1.29, 1.82) is 0 Å². The molecule has 1 unspecified atom stereocenters. The molecule has 0 bridgehead atoms. The van der Waals surface area contributed by atoms with E-state index in [2.05, 4.69) is 15.3 Å². The van der Waals surface area contributed by atoms with Crippen LogP contribution >= 0.6 is 0 Å². The molecule has 3 rings (SSSR count). The first-order chi connectivity index (χ1) is 14.9. The van der Waals surface area contributed by atoms with Crippen LogP contribution in [-0.4, -0.2) is 40.1 Å². The lowest BCUT2D eigenvalue weighted by Crippen LogP contribution is -2.29. The molecular formula is C20H23F2N5O4S. The molecule has 0 aliphatic carbocycles. The second-order valence-electron chi connectivity index (χ2n) is 8.11. The Morgan fingerprint density at radius 2 is 1.91 bits per heavy atom. The number of carbonyl (C=O) groups is 1. The molecule has 0 saturated heterocycles. The van der Waals surface area contributed by atoms with Gasteiger partial charge in [-0.1, -0.05) is 20.8 Å². The van der Waals surface area contributed by atoms with Crippen LogP contribution < -0.4 is 5.32 Å². The number of halogens is 2. The van der Waals surface area contributed by atoms with Gasteiger partial charge in [0.1, 0.15) is 11.8 Å². The zero-order valence-electron chi connectivity index (χ0n) is 18.1. The van der Waals surface area contributed by atoms with E-state index in [9.17, 15) is 17.6 Å². The van der Waals surface area contributed by atoms with Gasteiger partial charge in [-0.05, 0) is 12.1 Å². The number of rotatable bonds is 5. The molecule has 9 nitrogen and oxygen atoms in total. The Morgan fingerprint density at radius 1 is 1.22 bits per heavy atom. The predicted molar refractivity (Wildman–Crippen MR) is 111 cm³/mol. The molecule has 0 aliphatic rings. The standard InChI is InChI=1S/C20H23F2N5O4S/c1-20(2,3)16(31-19(28)23-4)13-11-27(32(29,30)18-25-9-10-26(18)5)15(14(13)21)12-7-6-8-24-17(12)22/h6-11,16H,1-5H3,(H,23,28). The van der Waals surface area contributed by atoms with E-state index < -0.39 is 45.1 Å². The molecule has 3 heterocycles. The van der Waals surface area contributed by atoms with Crippen molar-refractivity contribution >= 4 is 16.1 Å². The quantitative estimate of drug-likeness (QED) is 0.577. The average molecular weight is 467 g/mol. The number of carbonyl (C=O) groups excluding carboxylic acids is 1. The Hall–Kier alpha value is -3.28. The first-order valence-corrected chi connectivity index (χ1v) is 11.0. The first-order valence-electron chi connectivity index (χ1n) is 9.52. The highest BCUT2D eigenvalue weighted by atomic mass is 32.2. The minimum Gasteiger partial charge on any atom is -0.441 e. The van der Waals surface area contributed by atoms with Crippen LogP contribution in [0.15, 0.2) is 42.1 Å². The predicted octanol–water partition coefficient (Wildman–Crippen LogP) is 3.24. The van der Waals surface area contributed by atoms with Crippen LogP contribution in [0.3, 0.4) is 0 Å². The van der Waals surface area contributed by atoms with Gasteiger partial charge in [0, 0.05) is 49.9 Å². The molecule has 0 spiro atoms. The molecule has 32 heavy (non-hydrogen) atoms. The summed E-state index contributed by atoms with van der Waals surface area (Å²) < 4.78 is 64.4. The van der Waals surface area contributed by atoms with Gasteiger partial charge in [-0.2, -0.15) is 12.8 Å². The highest BCUT2D eigenvalue weighted by Gasteiger charge is 2.38. The monoisotopic (exact) mass is 467 g/mol. The van der Waals surface area contributed by atoms with E-state index in [1.54, 1.807) is 20.8 Å². The molecule has 3 aromatic rings. The van der Waals surface area contributed by atoms with Crippen molar-refractivity contribution in [3.8, 4) is 11.3 Å². The van der Waals surface area contributed by atoms with E-state index in [1.165, 1.54) is 43.2 Å². The number of ether oxygens (including phenoxy) is 1. The Labute approximate surface area is 184 Å². The fraction of sp³-hybridized carbons (Fsp3) is 0.350. The lowest BCUT2D eigenvalue weighted by atomic mass is 9.85. The van der Waals surface area contributed by atoms with Gasteiger partial charge in [0.05, 0.1) is 5.56 Å². The molecular weight excluding hydrogens is 444 g/mol. The van der Waals surface area contributed by atoms with Gasteiger partial charge in [0.15, 0.2) is 5.82 Å². The van der Waals surface area contributed by atoms with Crippen molar-refractivity contribution < 1.29 is 26.7 Å². The van der Waals surface area contributed by atoms with Gasteiger partial charge in [0.25, 0.3) is 0 Å². The Balaban J connectivity index is 2.36. The van der Waals surface area contributed by atoms with E-state index >= 15 is 4.39 Å². The maximum Gasteiger partial charge on any atom is 0.407 e. The number of amides is 1. The molecule has 1 N–H and O–H groups in total. The number of hydrogen-bond donors (Lipinski definition) is 1. The van der Waals surface area contributed by atoms with Crippen LogP contribution in [0, 0.1) is 17.2 Å². The fourth-order valence-electron chi connectivity index (χ4n) is 3.21. The molecule has 172 valence electrons. The zero-order valence-corrected chi connectivity index (χ0v) is 18.9. The average Bonchev–Trinajstić information content (AvgIpc) is 3.29. The minimum absolute atomic E-state index is 0.239. The maximum absolute atomic E-state index is 15.8. The lowest BCUT2D eigenvalue weighted by molar-refractivity contribution is 0.0294. The number of imidazole rings is 1. The number of nitrogens with one attached hydrogen (secondary N) is 1. The van der Waals surface area contributed by atoms with Crippen LogP contribution in [0.4, 0.5) is 13.6 Å². The summed E-state index contributed by atoms with van der Waals surface area (Å²) in [4.78, 5) is 19.3. The Kier molecular flexibility index (Phi) is 6.09. The Morgan fingerprint density at radius 3 is 2.44 bits per heavy atom. The SMILES string of the molecule is CNC(=O)OC(c1cn(S(=O)(=O)c2nccn2C)c(-c2cccnc2F)c1F)C(C)(C)C. The third-order valence-corrected chi connectivity index (χ3v) is 6.38. The smallest absolute Gasteiger partial charge is 0.407 e. The second kappa shape index (κ2) is 8.34. The molecule has 0 aromatic carbocycles. The molecule has 0 radical (unpaired) electrons. The summed E-state index contributed by atoms with van der Waals surface area (Å²) in [5, 5.41) is 1.90. The number of aryl methyl sites for hydroxylation is 1. The third kappa shape index (κ3) is 4.09. The summed E-state index contributed by atoms with van der Waals surface area (Å²) in [5.74, 6) is -2.12. The molecule has 0 aliphatic heterocycles. The summed E-state index contributed by atoms with van der Waals surface area (Å²) in [6.45, 7) is 5.07. The van der Waals surface area contributed by atoms with Crippen LogP contribution in [0.2, 0.25) is 0 Å². The number of aromatic nitrogens is 4. The van der Waals surface area contributed by atoms with Crippen molar-refractivity contribution in [2.24, 2.45) is 12.5 Å².